The van der Waals surface area contributed by atoms with Gasteiger partial charge in [0.1, 0.15) is 0 Å². The highest BCUT2D eigenvalue weighted by atomic mass is 16.2. The van der Waals surface area contributed by atoms with E-state index in [9.17, 15) is 4.79 Å². The Hall–Kier alpha value is -2.13. The molecular formula is C27H38N2O. The van der Waals surface area contributed by atoms with Crippen molar-refractivity contribution in [3.63, 3.8) is 0 Å². The third-order valence-corrected chi connectivity index (χ3v) is 6.26. The number of piperazine rings is 1. The van der Waals surface area contributed by atoms with Gasteiger partial charge in [0.15, 0.2) is 0 Å². The zero-order valence-corrected chi connectivity index (χ0v) is 18.6. The van der Waals surface area contributed by atoms with Crippen LogP contribution in [0.1, 0.15) is 75.5 Å². The normalized spacial score (nSPS) is 14.9. The van der Waals surface area contributed by atoms with Gasteiger partial charge in [0.25, 0.3) is 0 Å². The predicted molar refractivity (Wildman–Crippen MR) is 125 cm³/mol. The van der Waals surface area contributed by atoms with E-state index in [1.807, 2.05) is 0 Å². The molecule has 0 radical (unpaired) electrons. The van der Waals surface area contributed by atoms with Crippen LogP contribution in [-0.4, -0.2) is 41.9 Å². The fraction of sp³-hybridized carbons (Fsp3) is 0.519. The molecule has 1 fully saturated rings. The average molecular weight is 407 g/mol. The lowest BCUT2D eigenvalue weighted by Gasteiger charge is -2.40. The Kier molecular flexibility index (Phi) is 9.43. The highest BCUT2D eigenvalue weighted by molar-refractivity contribution is 5.76. The first kappa shape index (κ1) is 22.6. The van der Waals surface area contributed by atoms with E-state index in [1.54, 1.807) is 0 Å². The van der Waals surface area contributed by atoms with Crippen LogP contribution in [0.4, 0.5) is 0 Å². The van der Waals surface area contributed by atoms with Crippen molar-refractivity contribution in [2.24, 2.45) is 0 Å². The van der Waals surface area contributed by atoms with Crippen molar-refractivity contribution in [3.8, 4) is 0 Å². The van der Waals surface area contributed by atoms with Crippen LogP contribution >= 0.6 is 0 Å². The molecule has 0 atom stereocenters. The first-order valence-corrected chi connectivity index (χ1v) is 11.9. The molecule has 162 valence electrons. The van der Waals surface area contributed by atoms with Crippen LogP contribution < -0.4 is 0 Å². The van der Waals surface area contributed by atoms with E-state index in [0.29, 0.717) is 12.3 Å². The average Bonchev–Trinajstić information content (AvgIpc) is 2.80. The van der Waals surface area contributed by atoms with Crippen molar-refractivity contribution in [1.82, 2.24) is 9.80 Å². The Labute approximate surface area is 183 Å². The summed E-state index contributed by atoms with van der Waals surface area (Å²) in [4.78, 5) is 17.3. The zero-order valence-electron chi connectivity index (χ0n) is 18.6. The summed E-state index contributed by atoms with van der Waals surface area (Å²) in [6.07, 6.45) is 9.53. The van der Waals surface area contributed by atoms with Crippen molar-refractivity contribution < 1.29 is 4.79 Å². The van der Waals surface area contributed by atoms with Gasteiger partial charge in [-0.05, 0) is 17.5 Å². The van der Waals surface area contributed by atoms with E-state index in [-0.39, 0.29) is 6.04 Å². The van der Waals surface area contributed by atoms with Crippen LogP contribution in [0, 0.1) is 0 Å². The predicted octanol–water partition coefficient (Wildman–Crippen LogP) is 6.06. The lowest BCUT2D eigenvalue weighted by Crippen LogP contribution is -2.49. The van der Waals surface area contributed by atoms with Crippen LogP contribution in [0.5, 0.6) is 0 Å². The minimum Gasteiger partial charge on any atom is -0.340 e. The third kappa shape index (κ3) is 6.70. The molecule has 2 aromatic rings. The molecular weight excluding hydrogens is 368 g/mol. The summed E-state index contributed by atoms with van der Waals surface area (Å²) in [6.45, 7) is 5.78. The minimum absolute atomic E-state index is 0.257. The summed E-state index contributed by atoms with van der Waals surface area (Å²) < 4.78 is 0. The molecule has 1 heterocycles. The number of nitrogens with zero attached hydrogens (tertiary/aromatic N) is 2. The summed E-state index contributed by atoms with van der Waals surface area (Å²) in [5.74, 6) is 0.346. The molecule has 0 bridgehead atoms. The fourth-order valence-electron chi connectivity index (χ4n) is 4.51. The van der Waals surface area contributed by atoms with Crippen LogP contribution in [0.15, 0.2) is 60.7 Å². The third-order valence-electron chi connectivity index (χ3n) is 6.26. The highest BCUT2D eigenvalue weighted by Gasteiger charge is 2.27. The first-order valence-electron chi connectivity index (χ1n) is 11.9. The standard InChI is InChI=1S/C27H38N2O/c1-2-3-4-5-6-7-14-19-26(30)28-20-22-29(23-21-28)27(24-15-10-8-11-16-24)25-17-12-9-13-18-25/h8-13,15-18,27H,2-7,14,19-23H2,1H3. The number of benzene rings is 2. The second-order valence-corrected chi connectivity index (χ2v) is 8.51. The van der Waals surface area contributed by atoms with Gasteiger partial charge in [-0.1, -0.05) is 106 Å². The number of unbranched alkanes of at least 4 members (excludes halogenated alkanes) is 6. The number of hydrogen-bond acceptors (Lipinski definition) is 2. The molecule has 3 rings (SSSR count). The Morgan fingerprint density at radius 3 is 1.77 bits per heavy atom. The van der Waals surface area contributed by atoms with Gasteiger partial charge in [0, 0.05) is 32.6 Å². The molecule has 1 aliphatic rings. The van der Waals surface area contributed by atoms with Gasteiger partial charge in [-0.15, -0.1) is 0 Å². The van der Waals surface area contributed by atoms with E-state index in [1.165, 1.54) is 49.7 Å². The molecule has 0 N–H and O–H groups in total. The molecule has 0 saturated carbocycles. The Balaban J connectivity index is 1.49. The van der Waals surface area contributed by atoms with Gasteiger partial charge in [-0.3, -0.25) is 9.69 Å². The summed E-state index contributed by atoms with van der Waals surface area (Å²) in [5.41, 5.74) is 2.65. The Morgan fingerprint density at radius 2 is 1.23 bits per heavy atom. The lowest BCUT2D eigenvalue weighted by molar-refractivity contribution is -0.133. The van der Waals surface area contributed by atoms with E-state index in [4.69, 9.17) is 0 Å². The molecule has 2 aromatic carbocycles. The zero-order chi connectivity index (χ0) is 21.0. The second-order valence-electron chi connectivity index (χ2n) is 8.51. The number of rotatable bonds is 11. The number of carbonyl (C=O) groups excluding carboxylic acids is 1. The van der Waals surface area contributed by atoms with E-state index >= 15 is 0 Å². The van der Waals surface area contributed by atoms with Gasteiger partial charge in [-0.25, -0.2) is 0 Å². The summed E-state index contributed by atoms with van der Waals surface area (Å²) in [7, 11) is 0. The maximum atomic E-state index is 12.7. The van der Waals surface area contributed by atoms with Crippen molar-refractivity contribution >= 4 is 5.91 Å². The van der Waals surface area contributed by atoms with E-state index in [2.05, 4.69) is 77.4 Å². The Morgan fingerprint density at radius 1 is 0.733 bits per heavy atom. The summed E-state index contributed by atoms with van der Waals surface area (Å²) >= 11 is 0. The highest BCUT2D eigenvalue weighted by Crippen LogP contribution is 2.29. The van der Waals surface area contributed by atoms with Crippen molar-refractivity contribution in [3.05, 3.63) is 71.8 Å². The van der Waals surface area contributed by atoms with Crippen LogP contribution in [0.25, 0.3) is 0 Å². The lowest BCUT2D eigenvalue weighted by atomic mass is 9.96. The largest absolute Gasteiger partial charge is 0.340 e. The summed E-state index contributed by atoms with van der Waals surface area (Å²) in [6, 6.07) is 21.8. The fourth-order valence-corrected chi connectivity index (χ4v) is 4.51. The van der Waals surface area contributed by atoms with Crippen molar-refractivity contribution in [2.75, 3.05) is 26.2 Å². The first-order chi connectivity index (χ1) is 14.8. The molecule has 0 aromatic heterocycles. The molecule has 1 saturated heterocycles. The molecule has 1 amide bonds. The molecule has 1 aliphatic heterocycles. The topological polar surface area (TPSA) is 23.6 Å². The molecule has 30 heavy (non-hydrogen) atoms. The molecule has 0 spiro atoms. The van der Waals surface area contributed by atoms with Gasteiger partial charge in [0.2, 0.25) is 5.91 Å². The van der Waals surface area contributed by atoms with Crippen LogP contribution in [0.3, 0.4) is 0 Å². The second kappa shape index (κ2) is 12.5. The Bertz CT molecular complexity index is 684. The van der Waals surface area contributed by atoms with Crippen LogP contribution in [0.2, 0.25) is 0 Å². The molecule has 0 aliphatic carbocycles. The monoisotopic (exact) mass is 406 g/mol. The molecule has 0 unspecified atom stereocenters. The molecule has 3 nitrogen and oxygen atoms in total. The molecule has 3 heteroatoms. The maximum absolute atomic E-state index is 12.7. The van der Waals surface area contributed by atoms with Crippen molar-refractivity contribution in [2.45, 2.75) is 64.3 Å². The quantitative estimate of drug-likeness (QED) is 0.423. The van der Waals surface area contributed by atoms with E-state index < -0.39 is 0 Å². The smallest absolute Gasteiger partial charge is 0.222 e. The number of amides is 1. The number of carbonyl (C=O) groups is 1. The number of hydrogen-bond donors (Lipinski definition) is 0. The van der Waals surface area contributed by atoms with Gasteiger partial charge in [-0.2, -0.15) is 0 Å². The van der Waals surface area contributed by atoms with Crippen LogP contribution in [-0.2, 0) is 4.79 Å². The van der Waals surface area contributed by atoms with Gasteiger partial charge >= 0.3 is 0 Å². The SMILES string of the molecule is CCCCCCCCCC(=O)N1CCN(C(c2ccccc2)c2ccccc2)CC1. The summed E-state index contributed by atoms with van der Waals surface area (Å²) in [5, 5.41) is 0. The van der Waals surface area contributed by atoms with Gasteiger partial charge < -0.3 is 4.90 Å². The maximum Gasteiger partial charge on any atom is 0.222 e. The minimum atomic E-state index is 0.257. The van der Waals surface area contributed by atoms with Crippen molar-refractivity contribution in [1.29, 1.82) is 0 Å². The van der Waals surface area contributed by atoms with Gasteiger partial charge in [0.05, 0.1) is 6.04 Å². The van der Waals surface area contributed by atoms with E-state index in [0.717, 1.165) is 32.6 Å².